The summed E-state index contributed by atoms with van der Waals surface area (Å²) in [5.41, 5.74) is 1.59. The fraction of sp³-hybridized carbons (Fsp3) is 0.278. The highest BCUT2D eigenvalue weighted by molar-refractivity contribution is 6.30. The summed E-state index contributed by atoms with van der Waals surface area (Å²) in [5.74, 6) is 1.33. The summed E-state index contributed by atoms with van der Waals surface area (Å²) < 4.78 is 1.91. The van der Waals surface area contributed by atoms with Gasteiger partial charge in [-0.1, -0.05) is 11.6 Å². The van der Waals surface area contributed by atoms with Gasteiger partial charge in [-0.3, -0.25) is 9.36 Å². The second kappa shape index (κ2) is 7.43. The fourth-order valence-electron chi connectivity index (χ4n) is 3.11. The number of anilines is 1. The molecule has 0 radical (unpaired) electrons. The van der Waals surface area contributed by atoms with Gasteiger partial charge in [-0.05, 0) is 24.3 Å². The van der Waals surface area contributed by atoms with Gasteiger partial charge in [0.15, 0.2) is 11.6 Å². The Morgan fingerprint density at radius 1 is 1.11 bits per heavy atom. The van der Waals surface area contributed by atoms with Crippen molar-refractivity contribution in [2.75, 3.05) is 32.1 Å². The van der Waals surface area contributed by atoms with Crippen molar-refractivity contribution in [1.29, 1.82) is 0 Å². The van der Waals surface area contributed by atoms with Crippen LogP contribution in [-0.2, 0) is 11.3 Å². The molecule has 0 amide bonds. The van der Waals surface area contributed by atoms with Gasteiger partial charge >= 0.3 is 0 Å². The van der Waals surface area contributed by atoms with Gasteiger partial charge in [-0.2, -0.15) is 15.0 Å². The summed E-state index contributed by atoms with van der Waals surface area (Å²) in [7, 11) is 3.79. The van der Waals surface area contributed by atoms with Crippen LogP contribution in [0.4, 0.5) is 5.95 Å². The Bertz CT molecular complexity index is 1010. The van der Waals surface area contributed by atoms with E-state index in [0.29, 0.717) is 29.9 Å². The molecule has 28 heavy (non-hydrogen) atoms. The first-order chi connectivity index (χ1) is 13.5. The zero-order valence-electron chi connectivity index (χ0n) is 15.5. The Kier molecular flexibility index (Phi) is 4.82. The minimum absolute atomic E-state index is 0.0784. The second-order valence-corrected chi connectivity index (χ2v) is 7.12. The van der Waals surface area contributed by atoms with Crippen molar-refractivity contribution in [3.05, 3.63) is 59.3 Å². The normalized spacial score (nSPS) is 15.6. The largest absolute Gasteiger partial charge is 0.383 e. The van der Waals surface area contributed by atoms with Gasteiger partial charge in [0.2, 0.25) is 5.95 Å². The maximum Gasteiger partial charge on any atom is 0.232 e. The van der Waals surface area contributed by atoms with Crippen molar-refractivity contribution in [1.82, 2.24) is 34.7 Å². The number of rotatable bonds is 5. The number of nitrogens with zero attached hydrogens (tertiary/aromatic N) is 8. The average Bonchev–Trinajstić information content (AvgIpc) is 3.38. The molecule has 1 aromatic carbocycles. The van der Waals surface area contributed by atoms with Crippen LogP contribution in [0.2, 0.25) is 5.02 Å². The smallest absolute Gasteiger partial charge is 0.232 e. The lowest BCUT2D eigenvalue weighted by Crippen LogP contribution is -2.24. The minimum Gasteiger partial charge on any atom is -0.383 e. The van der Waals surface area contributed by atoms with E-state index in [1.54, 1.807) is 12.4 Å². The second-order valence-electron chi connectivity index (χ2n) is 6.68. The molecule has 3 heterocycles. The Balaban J connectivity index is 1.74. The number of Topliss-reactive ketones (excluding diaryl/α,β-unsaturated/α-hetero) is 1. The lowest BCUT2D eigenvalue weighted by molar-refractivity contribution is -0.113. The molecular weight excluding hydrogens is 380 g/mol. The number of carbonyl (C=O) groups excluding carboxylic acids is 1. The molecule has 10 heteroatoms. The summed E-state index contributed by atoms with van der Waals surface area (Å²) in [6.45, 7) is 1.08. The molecule has 0 unspecified atom stereocenters. The van der Waals surface area contributed by atoms with Crippen molar-refractivity contribution in [3.8, 4) is 5.69 Å². The molecule has 144 valence electrons. The van der Waals surface area contributed by atoms with E-state index in [1.165, 1.54) is 4.80 Å². The fourth-order valence-corrected chi connectivity index (χ4v) is 3.24. The van der Waals surface area contributed by atoms with Gasteiger partial charge in [-0.25, -0.2) is 0 Å². The Hall–Kier alpha value is -3.20. The van der Waals surface area contributed by atoms with Crippen molar-refractivity contribution < 1.29 is 4.79 Å². The van der Waals surface area contributed by atoms with Crippen LogP contribution in [0, 0.1) is 0 Å². The van der Waals surface area contributed by atoms with E-state index < -0.39 is 0 Å². The van der Waals surface area contributed by atoms with Crippen molar-refractivity contribution >= 4 is 23.3 Å². The number of benzene rings is 1. The molecule has 0 N–H and O–H groups in total. The van der Waals surface area contributed by atoms with Gasteiger partial charge in [0, 0.05) is 30.9 Å². The molecule has 0 saturated carbocycles. The zero-order valence-corrected chi connectivity index (χ0v) is 16.3. The third-order valence-corrected chi connectivity index (χ3v) is 4.55. The molecule has 2 aromatic heterocycles. The molecule has 4 rings (SSSR count). The van der Waals surface area contributed by atoms with Gasteiger partial charge in [0.1, 0.15) is 6.54 Å². The van der Waals surface area contributed by atoms with E-state index >= 15 is 0 Å². The highest BCUT2D eigenvalue weighted by Gasteiger charge is 2.30. The molecule has 1 aliphatic heterocycles. The maximum atomic E-state index is 12.4. The minimum atomic E-state index is 0.0784. The molecule has 9 nitrogen and oxygen atoms in total. The third kappa shape index (κ3) is 3.61. The van der Waals surface area contributed by atoms with Crippen LogP contribution < -0.4 is 4.90 Å². The lowest BCUT2D eigenvalue weighted by Gasteiger charge is -2.18. The summed E-state index contributed by atoms with van der Waals surface area (Å²) in [6, 6.07) is 7.40. The Morgan fingerprint density at radius 2 is 1.82 bits per heavy atom. The predicted molar refractivity (Wildman–Crippen MR) is 104 cm³/mol. The molecule has 0 spiro atoms. The first-order valence-electron chi connectivity index (χ1n) is 8.71. The van der Waals surface area contributed by atoms with E-state index in [9.17, 15) is 4.79 Å². The molecular formula is C18H19ClN8O. The molecule has 1 fully saturated rings. The van der Waals surface area contributed by atoms with Crippen LogP contribution in [0.15, 0.2) is 48.4 Å². The van der Waals surface area contributed by atoms with Crippen molar-refractivity contribution in [2.45, 2.75) is 6.54 Å². The quantitative estimate of drug-likeness (QED) is 0.600. The molecule has 1 saturated heterocycles. The van der Waals surface area contributed by atoms with Crippen LogP contribution in [-0.4, -0.2) is 67.6 Å². The summed E-state index contributed by atoms with van der Waals surface area (Å²) in [6.07, 6.45) is 5.07. The van der Waals surface area contributed by atoms with E-state index in [0.717, 1.165) is 11.3 Å². The van der Waals surface area contributed by atoms with Crippen LogP contribution in [0.3, 0.4) is 0 Å². The molecule has 0 atom stereocenters. The first-order valence-corrected chi connectivity index (χ1v) is 9.08. The average molecular weight is 399 g/mol. The first kappa shape index (κ1) is 18.2. The number of hydrogen-bond acceptors (Lipinski definition) is 7. The highest BCUT2D eigenvalue weighted by Crippen LogP contribution is 2.25. The number of halogens is 1. The van der Waals surface area contributed by atoms with Gasteiger partial charge in [0.25, 0.3) is 0 Å². The predicted octanol–water partition coefficient (Wildman–Crippen LogP) is 1.40. The van der Waals surface area contributed by atoms with E-state index in [4.69, 9.17) is 11.6 Å². The summed E-state index contributed by atoms with van der Waals surface area (Å²) >= 11 is 6.05. The molecule has 3 aromatic rings. The van der Waals surface area contributed by atoms with E-state index in [-0.39, 0.29) is 12.3 Å². The van der Waals surface area contributed by atoms with Crippen LogP contribution in [0.25, 0.3) is 5.69 Å². The van der Waals surface area contributed by atoms with Crippen LogP contribution in [0.1, 0.15) is 5.82 Å². The summed E-state index contributed by atoms with van der Waals surface area (Å²) in [5, 5.41) is 17.6. The monoisotopic (exact) mass is 398 g/mol. The topological polar surface area (TPSA) is 85.0 Å². The lowest BCUT2D eigenvalue weighted by atomic mass is 10.2. The van der Waals surface area contributed by atoms with E-state index in [2.05, 4.69) is 20.4 Å². The highest BCUT2D eigenvalue weighted by atomic mass is 35.5. The maximum absolute atomic E-state index is 12.4. The third-order valence-electron chi connectivity index (χ3n) is 4.30. The van der Waals surface area contributed by atoms with Crippen molar-refractivity contribution in [2.24, 2.45) is 0 Å². The number of hydrogen-bond donors (Lipinski definition) is 0. The van der Waals surface area contributed by atoms with Crippen LogP contribution >= 0.6 is 11.6 Å². The van der Waals surface area contributed by atoms with Crippen LogP contribution in [0.5, 0.6) is 0 Å². The molecule has 0 aliphatic carbocycles. The van der Waals surface area contributed by atoms with E-state index in [1.807, 2.05) is 58.9 Å². The summed E-state index contributed by atoms with van der Waals surface area (Å²) in [4.78, 5) is 17.7. The number of ketones is 1. The number of aromatic nitrogens is 6. The zero-order chi connectivity index (χ0) is 19.7. The van der Waals surface area contributed by atoms with Gasteiger partial charge < -0.3 is 9.80 Å². The number of carbonyl (C=O) groups is 1. The Morgan fingerprint density at radius 3 is 2.50 bits per heavy atom. The van der Waals surface area contributed by atoms with Gasteiger partial charge in [0.05, 0.1) is 31.2 Å². The Labute approximate surface area is 166 Å². The van der Waals surface area contributed by atoms with Crippen molar-refractivity contribution in [3.63, 3.8) is 0 Å². The standard InChI is InChI=1S/C18H19ClN8O/c1-24(2)9-13-10-25(11-16(13)28)18-23-22-17(12-26-20-7-8-21-26)27(18)15-5-3-14(19)4-6-15/h3-9H,10-12H2,1-2H3/b13-9+. The molecule has 1 aliphatic rings. The SMILES string of the molecule is CN(C)/C=C1\CN(c2nnc(Cn3nccn3)n2-c2ccc(Cl)cc2)CC1=O. The van der Waals surface area contributed by atoms with Gasteiger partial charge in [-0.15, -0.1) is 10.2 Å². The molecule has 0 bridgehead atoms.